The number of nitrogens with two attached hydrogens (primary N) is 1. The fourth-order valence-corrected chi connectivity index (χ4v) is 2.51. The summed E-state index contributed by atoms with van der Waals surface area (Å²) in [4.78, 5) is 26.5. The zero-order valence-electron chi connectivity index (χ0n) is 12.0. The standard InChI is InChI=1S/C11H19N7O2S/c1-7(8(19)17-12)21-11-15-9(13-2)14-10(16-11)18-3-5-20-6-4-18/h7H,3-6,12H2,1-2H3,(H,17,19)(H,13,14,15,16)/t7-/m1/s1. The van der Waals surface area contributed by atoms with Crippen molar-refractivity contribution in [3.05, 3.63) is 0 Å². The third kappa shape index (κ3) is 4.16. The van der Waals surface area contributed by atoms with Crippen LogP contribution in [0.25, 0.3) is 0 Å². The maximum absolute atomic E-state index is 11.5. The number of carbonyl (C=O) groups excluding carboxylic acids is 1. The van der Waals surface area contributed by atoms with Crippen molar-refractivity contribution < 1.29 is 9.53 Å². The van der Waals surface area contributed by atoms with Gasteiger partial charge in [-0.15, -0.1) is 0 Å². The molecule has 1 aromatic heterocycles. The first kappa shape index (κ1) is 15.7. The molecule has 1 aromatic rings. The van der Waals surface area contributed by atoms with Gasteiger partial charge in [0, 0.05) is 20.1 Å². The second-order valence-corrected chi connectivity index (χ2v) is 5.67. The fraction of sp³-hybridized carbons (Fsp3) is 0.636. The smallest absolute Gasteiger partial charge is 0.247 e. The number of morpholine rings is 1. The normalized spacial score (nSPS) is 16.4. The van der Waals surface area contributed by atoms with E-state index < -0.39 is 0 Å². The highest BCUT2D eigenvalue weighted by atomic mass is 32.2. The number of aromatic nitrogens is 3. The summed E-state index contributed by atoms with van der Waals surface area (Å²) in [5, 5.41) is 2.99. The van der Waals surface area contributed by atoms with Crippen molar-refractivity contribution in [1.29, 1.82) is 0 Å². The molecule has 9 nitrogen and oxygen atoms in total. The van der Waals surface area contributed by atoms with E-state index in [0.717, 1.165) is 13.1 Å². The Hall–Kier alpha value is -1.65. The predicted octanol–water partition coefficient (Wildman–Crippen LogP) is -0.780. The summed E-state index contributed by atoms with van der Waals surface area (Å²) in [6.45, 7) is 4.50. The van der Waals surface area contributed by atoms with Crippen molar-refractivity contribution in [3.8, 4) is 0 Å². The van der Waals surface area contributed by atoms with E-state index in [0.29, 0.717) is 30.3 Å². The summed E-state index contributed by atoms with van der Waals surface area (Å²) < 4.78 is 5.32. The van der Waals surface area contributed by atoms with E-state index in [1.165, 1.54) is 11.8 Å². The van der Waals surface area contributed by atoms with Gasteiger partial charge in [-0.05, 0) is 6.92 Å². The lowest BCUT2D eigenvalue weighted by Gasteiger charge is -2.27. The number of anilines is 2. The quantitative estimate of drug-likeness (QED) is 0.278. The average Bonchev–Trinajstić information content (AvgIpc) is 2.54. The van der Waals surface area contributed by atoms with Crippen molar-refractivity contribution in [2.75, 3.05) is 43.6 Å². The molecule has 1 aliphatic rings. The number of rotatable bonds is 5. The SMILES string of the molecule is CNc1nc(S[C@H](C)C(=O)NN)nc(N2CCOCC2)n1. The maximum Gasteiger partial charge on any atom is 0.247 e. The highest BCUT2D eigenvalue weighted by Crippen LogP contribution is 2.23. The molecule has 0 bridgehead atoms. The Labute approximate surface area is 127 Å². The largest absolute Gasteiger partial charge is 0.378 e. The predicted molar refractivity (Wildman–Crippen MR) is 80.1 cm³/mol. The second kappa shape index (κ2) is 7.38. The lowest BCUT2D eigenvalue weighted by Crippen LogP contribution is -2.38. The van der Waals surface area contributed by atoms with Gasteiger partial charge in [0.1, 0.15) is 0 Å². The van der Waals surface area contributed by atoms with Crippen LogP contribution >= 0.6 is 11.8 Å². The van der Waals surface area contributed by atoms with E-state index in [1.807, 2.05) is 4.90 Å². The van der Waals surface area contributed by atoms with E-state index >= 15 is 0 Å². The minimum absolute atomic E-state index is 0.278. The highest BCUT2D eigenvalue weighted by molar-refractivity contribution is 8.00. The van der Waals surface area contributed by atoms with Crippen LogP contribution in [0.4, 0.5) is 11.9 Å². The molecule has 0 spiro atoms. The van der Waals surface area contributed by atoms with Gasteiger partial charge in [-0.1, -0.05) is 11.8 Å². The monoisotopic (exact) mass is 313 g/mol. The molecule has 1 aliphatic heterocycles. The van der Waals surface area contributed by atoms with Gasteiger partial charge in [0.05, 0.1) is 18.5 Å². The number of hydrogen-bond acceptors (Lipinski definition) is 9. The number of nitrogens with zero attached hydrogens (tertiary/aromatic N) is 4. The number of ether oxygens (including phenoxy) is 1. The lowest BCUT2D eigenvalue weighted by atomic mass is 10.4. The number of thioether (sulfide) groups is 1. The van der Waals surface area contributed by atoms with Crippen LogP contribution in [0.3, 0.4) is 0 Å². The molecule has 10 heteroatoms. The minimum Gasteiger partial charge on any atom is -0.378 e. The van der Waals surface area contributed by atoms with Gasteiger partial charge in [-0.2, -0.15) is 15.0 Å². The molecule has 0 radical (unpaired) electrons. The van der Waals surface area contributed by atoms with Crippen LogP contribution in [-0.4, -0.2) is 59.5 Å². The van der Waals surface area contributed by atoms with Gasteiger partial charge in [0.15, 0.2) is 5.16 Å². The lowest BCUT2D eigenvalue weighted by molar-refractivity contribution is -0.120. The van der Waals surface area contributed by atoms with Crippen LogP contribution < -0.4 is 21.5 Å². The Morgan fingerprint density at radius 1 is 1.38 bits per heavy atom. The molecule has 1 amide bonds. The number of amides is 1. The van der Waals surface area contributed by atoms with E-state index in [-0.39, 0.29) is 11.2 Å². The zero-order valence-corrected chi connectivity index (χ0v) is 12.8. The first-order valence-electron chi connectivity index (χ1n) is 6.57. The molecular weight excluding hydrogens is 294 g/mol. The molecule has 21 heavy (non-hydrogen) atoms. The van der Waals surface area contributed by atoms with Crippen LogP contribution in [0.15, 0.2) is 5.16 Å². The molecule has 0 aliphatic carbocycles. The van der Waals surface area contributed by atoms with E-state index in [1.54, 1.807) is 14.0 Å². The van der Waals surface area contributed by atoms with Gasteiger partial charge >= 0.3 is 0 Å². The second-order valence-electron chi connectivity index (χ2n) is 4.36. The summed E-state index contributed by atoms with van der Waals surface area (Å²) in [5.41, 5.74) is 2.12. The van der Waals surface area contributed by atoms with Crippen LogP contribution in [-0.2, 0) is 9.53 Å². The molecular formula is C11H19N7O2S. The number of hydrazine groups is 1. The molecule has 2 heterocycles. The fourth-order valence-electron chi connectivity index (χ4n) is 1.74. The van der Waals surface area contributed by atoms with Gasteiger partial charge in [-0.3, -0.25) is 10.2 Å². The van der Waals surface area contributed by atoms with Gasteiger partial charge in [0.25, 0.3) is 0 Å². The molecule has 4 N–H and O–H groups in total. The van der Waals surface area contributed by atoms with E-state index in [4.69, 9.17) is 10.6 Å². The number of carbonyl (C=O) groups is 1. The highest BCUT2D eigenvalue weighted by Gasteiger charge is 2.19. The molecule has 1 fully saturated rings. The van der Waals surface area contributed by atoms with Gasteiger partial charge in [0.2, 0.25) is 17.8 Å². The van der Waals surface area contributed by atoms with Crippen molar-refractivity contribution in [2.24, 2.45) is 5.84 Å². The van der Waals surface area contributed by atoms with Crippen molar-refractivity contribution in [3.63, 3.8) is 0 Å². The number of hydrogen-bond donors (Lipinski definition) is 3. The van der Waals surface area contributed by atoms with E-state index in [9.17, 15) is 4.79 Å². The minimum atomic E-state index is -0.389. The third-order valence-electron chi connectivity index (χ3n) is 2.91. The van der Waals surface area contributed by atoms with Crippen molar-refractivity contribution in [1.82, 2.24) is 20.4 Å². The van der Waals surface area contributed by atoms with Crippen LogP contribution in [0.1, 0.15) is 6.92 Å². The first-order valence-corrected chi connectivity index (χ1v) is 7.45. The Balaban J connectivity index is 2.18. The van der Waals surface area contributed by atoms with Gasteiger partial charge in [-0.25, -0.2) is 5.84 Å². The Morgan fingerprint density at radius 3 is 2.71 bits per heavy atom. The summed E-state index contributed by atoms with van der Waals surface area (Å²) in [7, 11) is 1.74. The first-order chi connectivity index (χ1) is 10.1. The average molecular weight is 313 g/mol. The molecule has 1 saturated heterocycles. The maximum atomic E-state index is 11.5. The Kier molecular flexibility index (Phi) is 5.53. The number of nitrogens with one attached hydrogen (secondary N) is 2. The summed E-state index contributed by atoms with van der Waals surface area (Å²) in [6.07, 6.45) is 0. The topological polar surface area (TPSA) is 118 Å². The third-order valence-corrected chi connectivity index (χ3v) is 3.88. The zero-order chi connectivity index (χ0) is 15.2. The van der Waals surface area contributed by atoms with Crippen LogP contribution in [0, 0.1) is 0 Å². The Bertz CT molecular complexity index is 495. The molecule has 2 rings (SSSR count). The van der Waals surface area contributed by atoms with Crippen LogP contribution in [0.2, 0.25) is 0 Å². The van der Waals surface area contributed by atoms with Crippen molar-refractivity contribution in [2.45, 2.75) is 17.3 Å². The summed E-state index contributed by atoms with van der Waals surface area (Å²) >= 11 is 1.23. The van der Waals surface area contributed by atoms with Gasteiger partial charge < -0.3 is 15.0 Å². The van der Waals surface area contributed by atoms with E-state index in [2.05, 4.69) is 25.7 Å². The molecule has 0 unspecified atom stereocenters. The molecule has 1 atom stereocenters. The molecule has 0 saturated carbocycles. The Morgan fingerprint density at radius 2 is 2.10 bits per heavy atom. The van der Waals surface area contributed by atoms with Crippen molar-refractivity contribution >= 4 is 29.6 Å². The molecule has 116 valence electrons. The summed E-state index contributed by atoms with van der Waals surface area (Å²) in [5.74, 6) is 5.90. The summed E-state index contributed by atoms with van der Waals surface area (Å²) in [6, 6.07) is 0. The molecule has 0 aromatic carbocycles. The van der Waals surface area contributed by atoms with Crippen LogP contribution in [0.5, 0.6) is 0 Å².